The molecule has 4 heteroatoms. The van der Waals surface area contributed by atoms with Crippen LogP contribution in [0.2, 0.25) is 0 Å². The van der Waals surface area contributed by atoms with Crippen LogP contribution in [-0.4, -0.2) is 31.3 Å². The topological polar surface area (TPSA) is 47.6 Å². The number of amides is 1. The third-order valence-electron chi connectivity index (χ3n) is 2.44. The first kappa shape index (κ1) is 11.9. The molecule has 0 spiro atoms. The molecule has 1 aliphatic rings. The second kappa shape index (κ2) is 5.19. The zero-order valence-corrected chi connectivity index (χ0v) is 10.1. The van der Waals surface area contributed by atoms with Gasteiger partial charge in [0.2, 0.25) is 0 Å². The Bertz CT molecular complexity index is 399. The van der Waals surface area contributed by atoms with Crippen molar-refractivity contribution >= 4 is 5.91 Å². The lowest BCUT2D eigenvalue weighted by Gasteiger charge is -2.26. The van der Waals surface area contributed by atoms with Gasteiger partial charge in [0, 0.05) is 5.56 Å². The highest BCUT2D eigenvalue weighted by atomic mass is 16.5. The Morgan fingerprint density at radius 1 is 1.47 bits per heavy atom. The molecule has 1 aliphatic heterocycles. The average molecular weight is 235 g/mol. The molecule has 0 atom stereocenters. The minimum Gasteiger partial charge on any atom is -0.491 e. The van der Waals surface area contributed by atoms with Crippen molar-refractivity contribution in [2.45, 2.75) is 26.0 Å². The molecule has 0 saturated carbocycles. The zero-order valence-electron chi connectivity index (χ0n) is 10.1. The fourth-order valence-electron chi connectivity index (χ4n) is 1.57. The summed E-state index contributed by atoms with van der Waals surface area (Å²) >= 11 is 0. The molecular formula is C13H17NO3. The van der Waals surface area contributed by atoms with Crippen LogP contribution >= 0.6 is 0 Å². The van der Waals surface area contributed by atoms with E-state index in [1.165, 1.54) is 0 Å². The van der Waals surface area contributed by atoms with Crippen LogP contribution in [-0.2, 0) is 4.74 Å². The minimum atomic E-state index is -0.0764. The summed E-state index contributed by atoms with van der Waals surface area (Å²) in [5, 5.41) is 2.89. The summed E-state index contributed by atoms with van der Waals surface area (Å²) in [5.74, 6) is 0.644. The maximum absolute atomic E-state index is 11.9. The van der Waals surface area contributed by atoms with Crippen molar-refractivity contribution in [2.75, 3.05) is 13.2 Å². The monoisotopic (exact) mass is 235 g/mol. The van der Waals surface area contributed by atoms with E-state index in [1.807, 2.05) is 26.0 Å². The molecule has 1 aromatic rings. The van der Waals surface area contributed by atoms with Gasteiger partial charge in [-0.3, -0.25) is 4.79 Å². The molecule has 1 fully saturated rings. The first-order chi connectivity index (χ1) is 8.15. The van der Waals surface area contributed by atoms with Gasteiger partial charge >= 0.3 is 0 Å². The highest BCUT2D eigenvalue weighted by molar-refractivity contribution is 5.94. The molecule has 17 heavy (non-hydrogen) atoms. The normalized spacial score (nSPS) is 15.5. The van der Waals surface area contributed by atoms with Crippen LogP contribution in [0, 0.1) is 0 Å². The number of carbonyl (C=O) groups excluding carboxylic acids is 1. The zero-order chi connectivity index (χ0) is 12.3. The van der Waals surface area contributed by atoms with E-state index < -0.39 is 0 Å². The molecular weight excluding hydrogens is 218 g/mol. The third kappa shape index (κ3) is 3.20. The lowest BCUT2D eigenvalue weighted by molar-refractivity contribution is -0.00346. The minimum absolute atomic E-state index is 0.0764. The maximum atomic E-state index is 11.9. The summed E-state index contributed by atoms with van der Waals surface area (Å²) in [6, 6.07) is 7.36. The lowest BCUT2D eigenvalue weighted by Crippen LogP contribution is -2.48. The Balaban J connectivity index is 2.01. The predicted octanol–water partition coefficient (Wildman–Crippen LogP) is 1.60. The molecule has 0 bridgehead atoms. The van der Waals surface area contributed by atoms with E-state index in [9.17, 15) is 4.79 Å². The average Bonchev–Trinajstić information content (AvgIpc) is 2.22. The van der Waals surface area contributed by atoms with E-state index in [0.29, 0.717) is 18.8 Å². The molecule has 0 aromatic heterocycles. The van der Waals surface area contributed by atoms with E-state index in [-0.39, 0.29) is 18.1 Å². The van der Waals surface area contributed by atoms with Crippen LogP contribution in [0.4, 0.5) is 0 Å². The van der Waals surface area contributed by atoms with Crippen molar-refractivity contribution < 1.29 is 14.3 Å². The molecule has 92 valence electrons. The van der Waals surface area contributed by atoms with Crippen LogP contribution in [0.25, 0.3) is 0 Å². The Morgan fingerprint density at radius 2 is 2.24 bits per heavy atom. The highest BCUT2D eigenvalue weighted by Gasteiger charge is 2.21. The molecule has 1 aromatic carbocycles. The number of hydrogen-bond acceptors (Lipinski definition) is 3. The van der Waals surface area contributed by atoms with Crippen molar-refractivity contribution in [3.05, 3.63) is 29.8 Å². The summed E-state index contributed by atoms with van der Waals surface area (Å²) in [5.41, 5.74) is 0.620. The second-order valence-electron chi connectivity index (χ2n) is 4.40. The van der Waals surface area contributed by atoms with Crippen LogP contribution in [0.1, 0.15) is 24.2 Å². The first-order valence-electron chi connectivity index (χ1n) is 5.80. The van der Waals surface area contributed by atoms with Crippen LogP contribution < -0.4 is 10.1 Å². The Kier molecular flexibility index (Phi) is 3.64. The largest absolute Gasteiger partial charge is 0.491 e. The summed E-state index contributed by atoms with van der Waals surface area (Å²) in [7, 11) is 0. The molecule has 0 radical (unpaired) electrons. The fraction of sp³-hybridized carbons (Fsp3) is 0.462. The standard InChI is InChI=1S/C13H17NO3/c1-9(2)17-12-5-3-4-10(6-12)13(15)14-11-7-16-8-11/h3-6,9,11H,7-8H2,1-2H3,(H,14,15). The molecule has 1 N–H and O–H groups in total. The van der Waals surface area contributed by atoms with E-state index in [1.54, 1.807) is 12.1 Å². The summed E-state index contributed by atoms with van der Waals surface area (Å²) in [4.78, 5) is 11.9. The molecule has 4 nitrogen and oxygen atoms in total. The molecule has 1 amide bonds. The van der Waals surface area contributed by atoms with Gasteiger partial charge in [-0.25, -0.2) is 0 Å². The molecule has 1 heterocycles. The smallest absolute Gasteiger partial charge is 0.251 e. The van der Waals surface area contributed by atoms with Crippen molar-refractivity contribution in [3.63, 3.8) is 0 Å². The van der Waals surface area contributed by atoms with Gasteiger partial charge in [-0.1, -0.05) is 6.07 Å². The van der Waals surface area contributed by atoms with Gasteiger partial charge in [-0.05, 0) is 32.0 Å². The third-order valence-corrected chi connectivity index (χ3v) is 2.44. The fourth-order valence-corrected chi connectivity index (χ4v) is 1.57. The van der Waals surface area contributed by atoms with Crippen LogP contribution in [0.5, 0.6) is 5.75 Å². The SMILES string of the molecule is CC(C)Oc1cccc(C(=O)NC2COC2)c1. The quantitative estimate of drug-likeness (QED) is 0.862. The van der Waals surface area contributed by atoms with E-state index in [4.69, 9.17) is 9.47 Å². The van der Waals surface area contributed by atoms with Gasteiger partial charge < -0.3 is 14.8 Å². The van der Waals surface area contributed by atoms with Gasteiger partial charge in [0.05, 0.1) is 25.4 Å². The predicted molar refractivity (Wildman–Crippen MR) is 64.3 cm³/mol. The van der Waals surface area contributed by atoms with E-state index in [2.05, 4.69) is 5.32 Å². The van der Waals surface area contributed by atoms with Gasteiger partial charge in [0.1, 0.15) is 5.75 Å². The Morgan fingerprint density at radius 3 is 2.82 bits per heavy atom. The van der Waals surface area contributed by atoms with Gasteiger partial charge in [-0.15, -0.1) is 0 Å². The number of benzene rings is 1. The van der Waals surface area contributed by atoms with Gasteiger partial charge in [0.25, 0.3) is 5.91 Å². The maximum Gasteiger partial charge on any atom is 0.251 e. The van der Waals surface area contributed by atoms with Gasteiger partial charge in [-0.2, -0.15) is 0 Å². The summed E-state index contributed by atoms with van der Waals surface area (Å²) in [6.07, 6.45) is 0.105. The highest BCUT2D eigenvalue weighted by Crippen LogP contribution is 2.15. The van der Waals surface area contributed by atoms with Crippen molar-refractivity contribution in [2.24, 2.45) is 0 Å². The van der Waals surface area contributed by atoms with Crippen LogP contribution in [0.3, 0.4) is 0 Å². The Hall–Kier alpha value is -1.55. The number of ether oxygens (including phenoxy) is 2. The first-order valence-corrected chi connectivity index (χ1v) is 5.80. The van der Waals surface area contributed by atoms with E-state index >= 15 is 0 Å². The number of hydrogen-bond donors (Lipinski definition) is 1. The summed E-state index contributed by atoms with van der Waals surface area (Å²) < 4.78 is 10.6. The number of nitrogens with one attached hydrogen (secondary N) is 1. The second-order valence-corrected chi connectivity index (χ2v) is 4.40. The molecule has 2 rings (SSSR count). The summed E-state index contributed by atoms with van der Waals surface area (Å²) in [6.45, 7) is 5.12. The van der Waals surface area contributed by atoms with Crippen molar-refractivity contribution in [1.29, 1.82) is 0 Å². The lowest BCUT2D eigenvalue weighted by atomic mass is 10.1. The Labute approximate surface area is 101 Å². The molecule has 0 aliphatic carbocycles. The number of carbonyl (C=O) groups is 1. The number of rotatable bonds is 4. The van der Waals surface area contributed by atoms with Crippen LogP contribution in [0.15, 0.2) is 24.3 Å². The molecule has 1 saturated heterocycles. The van der Waals surface area contributed by atoms with E-state index in [0.717, 1.165) is 5.75 Å². The van der Waals surface area contributed by atoms with Gasteiger partial charge in [0.15, 0.2) is 0 Å². The van der Waals surface area contributed by atoms with Crippen molar-refractivity contribution in [3.8, 4) is 5.75 Å². The van der Waals surface area contributed by atoms with Crippen molar-refractivity contribution in [1.82, 2.24) is 5.32 Å². The molecule has 0 unspecified atom stereocenters.